The maximum absolute atomic E-state index is 12.4. The third-order valence-corrected chi connectivity index (χ3v) is 4.81. The molecule has 6 heteroatoms. The maximum atomic E-state index is 12.4. The van der Waals surface area contributed by atoms with Crippen LogP contribution in [0, 0.1) is 0 Å². The summed E-state index contributed by atoms with van der Waals surface area (Å²) in [6.45, 7) is 1.99. The van der Waals surface area contributed by atoms with E-state index in [-0.39, 0.29) is 12.3 Å². The second-order valence-electron chi connectivity index (χ2n) is 7.12. The molecule has 3 N–H and O–H groups in total. The summed E-state index contributed by atoms with van der Waals surface area (Å²) in [5.74, 6) is -0.203. The van der Waals surface area contributed by atoms with E-state index in [1.807, 2.05) is 30.3 Å². The highest BCUT2D eigenvalue weighted by Crippen LogP contribution is 2.21. The molecule has 0 radical (unpaired) electrons. The first-order chi connectivity index (χ1) is 13.0. The first-order valence-electron chi connectivity index (χ1n) is 9.61. The number of aliphatic hydroxyl groups excluding tert-OH is 3. The van der Waals surface area contributed by atoms with Gasteiger partial charge in [-0.15, -0.1) is 0 Å². The van der Waals surface area contributed by atoms with Crippen LogP contribution in [0.3, 0.4) is 0 Å². The normalized spacial score (nSPS) is 22.4. The molecule has 1 aliphatic carbocycles. The van der Waals surface area contributed by atoms with E-state index in [1.165, 1.54) is 11.6 Å². The van der Waals surface area contributed by atoms with E-state index in [1.54, 1.807) is 11.9 Å². The molecule has 0 aliphatic heterocycles. The highest BCUT2D eigenvalue weighted by atomic mass is 16.5. The number of ether oxygens (including phenoxy) is 1. The lowest BCUT2D eigenvalue weighted by Gasteiger charge is -2.29. The topological polar surface area (TPSA) is 90.2 Å². The van der Waals surface area contributed by atoms with Crippen molar-refractivity contribution in [1.82, 2.24) is 4.90 Å². The minimum atomic E-state index is -1.23. The summed E-state index contributed by atoms with van der Waals surface area (Å²) in [7, 11) is 1.72. The molecule has 150 valence electrons. The van der Waals surface area contributed by atoms with Gasteiger partial charge in [-0.1, -0.05) is 43.2 Å². The summed E-state index contributed by atoms with van der Waals surface area (Å²) < 4.78 is 5.65. The predicted molar refractivity (Wildman–Crippen MR) is 103 cm³/mol. The highest BCUT2D eigenvalue weighted by Gasteiger charge is 2.32. The van der Waals surface area contributed by atoms with Crippen LogP contribution in [0.5, 0.6) is 0 Å². The Balaban J connectivity index is 1.56. The molecule has 0 bridgehead atoms. The van der Waals surface area contributed by atoms with Crippen LogP contribution in [0.25, 0.3) is 0 Å². The Morgan fingerprint density at radius 2 is 1.81 bits per heavy atom. The summed E-state index contributed by atoms with van der Waals surface area (Å²) in [6, 6.07) is 10.1. The van der Waals surface area contributed by atoms with Crippen LogP contribution in [-0.2, 0) is 16.1 Å². The molecule has 3 unspecified atom stereocenters. The summed E-state index contributed by atoms with van der Waals surface area (Å²) >= 11 is 0. The number of likely N-dealkylation sites (N-methyl/N-ethyl adjacent to an activating group) is 1. The minimum absolute atomic E-state index is 0.0696. The molecule has 27 heavy (non-hydrogen) atoms. The minimum Gasteiger partial charge on any atom is -0.390 e. The SMILES string of the molecule is CN(CCCCCCOCc1ccccc1)C(=O)C1=CC(O)C(O)C(O)C1. The molecule has 0 saturated heterocycles. The van der Waals surface area contributed by atoms with Gasteiger partial charge in [0.1, 0.15) is 12.2 Å². The van der Waals surface area contributed by atoms with Crippen LogP contribution in [-0.4, -0.2) is 64.6 Å². The predicted octanol–water partition coefficient (Wildman–Crippen LogP) is 1.63. The van der Waals surface area contributed by atoms with E-state index in [4.69, 9.17) is 4.74 Å². The van der Waals surface area contributed by atoms with Crippen molar-refractivity contribution in [3.05, 3.63) is 47.5 Å². The van der Waals surface area contributed by atoms with Gasteiger partial charge in [0.25, 0.3) is 0 Å². The van der Waals surface area contributed by atoms with Crippen LogP contribution >= 0.6 is 0 Å². The average Bonchev–Trinajstić information content (AvgIpc) is 2.67. The van der Waals surface area contributed by atoms with Gasteiger partial charge in [0.05, 0.1) is 12.7 Å². The first kappa shape index (κ1) is 21.6. The molecule has 2 rings (SSSR count). The molecule has 1 aliphatic rings. The lowest BCUT2D eigenvalue weighted by Crippen LogP contribution is -2.42. The fourth-order valence-electron chi connectivity index (χ4n) is 3.12. The molecule has 1 aromatic rings. The molecule has 0 spiro atoms. The lowest BCUT2D eigenvalue weighted by molar-refractivity contribution is -0.127. The van der Waals surface area contributed by atoms with Gasteiger partial charge in [0.2, 0.25) is 5.91 Å². The second kappa shape index (κ2) is 11.2. The summed E-state index contributed by atoms with van der Waals surface area (Å²) in [4.78, 5) is 14.0. The molecule has 0 fully saturated rings. The Kier molecular flexibility index (Phi) is 8.94. The number of carbonyl (C=O) groups is 1. The van der Waals surface area contributed by atoms with Gasteiger partial charge in [0, 0.05) is 32.2 Å². The van der Waals surface area contributed by atoms with Crippen LogP contribution in [0.4, 0.5) is 0 Å². The number of hydrogen-bond acceptors (Lipinski definition) is 5. The monoisotopic (exact) mass is 377 g/mol. The van der Waals surface area contributed by atoms with E-state index >= 15 is 0 Å². The third kappa shape index (κ3) is 7.07. The highest BCUT2D eigenvalue weighted by molar-refractivity contribution is 5.93. The van der Waals surface area contributed by atoms with Crippen molar-refractivity contribution < 1.29 is 24.9 Å². The van der Waals surface area contributed by atoms with Gasteiger partial charge in [-0.3, -0.25) is 4.79 Å². The zero-order valence-corrected chi connectivity index (χ0v) is 16.0. The smallest absolute Gasteiger partial charge is 0.249 e. The van der Waals surface area contributed by atoms with E-state index in [2.05, 4.69) is 0 Å². The largest absolute Gasteiger partial charge is 0.390 e. The summed E-state index contributed by atoms with van der Waals surface area (Å²) in [6.07, 6.45) is 1.83. The van der Waals surface area contributed by atoms with Gasteiger partial charge in [-0.2, -0.15) is 0 Å². The molecular formula is C21H31NO5. The number of hydrogen-bond donors (Lipinski definition) is 3. The van der Waals surface area contributed by atoms with Crippen LogP contribution in [0.1, 0.15) is 37.7 Å². The number of benzene rings is 1. The fraction of sp³-hybridized carbons (Fsp3) is 0.571. The molecular weight excluding hydrogens is 346 g/mol. The number of aliphatic hydroxyl groups is 3. The van der Waals surface area contributed by atoms with E-state index in [0.717, 1.165) is 32.3 Å². The molecule has 0 saturated carbocycles. The average molecular weight is 377 g/mol. The summed E-state index contributed by atoms with van der Waals surface area (Å²) in [5.41, 5.74) is 1.54. The van der Waals surface area contributed by atoms with Crippen molar-refractivity contribution in [1.29, 1.82) is 0 Å². The Labute approximate surface area is 161 Å². The van der Waals surface area contributed by atoms with E-state index in [9.17, 15) is 20.1 Å². The van der Waals surface area contributed by atoms with Crippen molar-refractivity contribution in [3.8, 4) is 0 Å². The van der Waals surface area contributed by atoms with Gasteiger partial charge >= 0.3 is 0 Å². The quantitative estimate of drug-likeness (QED) is 0.539. The molecule has 1 amide bonds. The summed E-state index contributed by atoms with van der Waals surface area (Å²) in [5, 5.41) is 28.9. The number of rotatable bonds is 10. The van der Waals surface area contributed by atoms with Crippen molar-refractivity contribution in [2.75, 3.05) is 20.2 Å². The second-order valence-corrected chi connectivity index (χ2v) is 7.12. The number of unbranched alkanes of at least 4 members (excludes halogenated alkanes) is 3. The maximum Gasteiger partial charge on any atom is 0.249 e. The Hall–Kier alpha value is -1.73. The zero-order valence-electron chi connectivity index (χ0n) is 16.0. The van der Waals surface area contributed by atoms with Gasteiger partial charge in [0.15, 0.2) is 0 Å². The van der Waals surface area contributed by atoms with Crippen LogP contribution in [0.2, 0.25) is 0 Å². The standard InChI is InChI=1S/C21H31NO5/c1-22(21(26)17-13-18(23)20(25)19(24)14-17)11-7-2-3-8-12-27-15-16-9-5-4-6-10-16/h4-6,9-10,13,18-20,23-25H,2-3,7-8,11-12,14-15H2,1H3. The van der Waals surface area contributed by atoms with Crippen LogP contribution < -0.4 is 0 Å². The molecule has 3 atom stereocenters. The molecule has 6 nitrogen and oxygen atoms in total. The molecule has 0 heterocycles. The number of nitrogens with zero attached hydrogens (tertiary/aromatic N) is 1. The number of amides is 1. The van der Waals surface area contributed by atoms with Crippen LogP contribution in [0.15, 0.2) is 42.0 Å². The first-order valence-corrected chi connectivity index (χ1v) is 9.61. The Bertz CT molecular complexity index is 604. The Morgan fingerprint density at radius 3 is 2.52 bits per heavy atom. The fourth-order valence-corrected chi connectivity index (χ4v) is 3.12. The van der Waals surface area contributed by atoms with Crippen molar-refractivity contribution >= 4 is 5.91 Å². The van der Waals surface area contributed by atoms with Gasteiger partial charge < -0.3 is 25.0 Å². The van der Waals surface area contributed by atoms with E-state index in [0.29, 0.717) is 18.7 Å². The van der Waals surface area contributed by atoms with Crippen molar-refractivity contribution in [2.24, 2.45) is 0 Å². The zero-order chi connectivity index (χ0) is 19.6. The van der Waals surface area contributed by atoms with E-state index < -0.39 is 18.3 Å². The third-order valence-electron chi connectivity index (χ3n) is 4.81. The van der Waals surface area contributed by atoms with Crippen molar-refractivity contribution in [2.45, 2.75) is 57.0 Å². The Morgan fingerprint density at radius 1 is 1.11 bits per heavy atom. The van der Waals surface area contributed by atoms with Gasteiger partial charge in [-0.05, 0) is 24.5 Å². The molecule has 0 aromatic heterocycles. The van der Waals surface area contributed by atoms with Crippen molar-refractivity contribution in [3.63, 3.8) is 0 Å². The van der Waals surface area contributed by atoms with Gasteiger partial charge in [-0.25, -0.2) is 0 Å². The molecule has 1 aromatic carbocycles. The lowest BCUT2D eigenvalue weighted by atomic mass is 9.91. The number of carbonyl (C=O) groups excluding carboxylic acids is 1.